The molecule has 1 heterocycles. The van der Waals surface area contributed by atoms with Gasteiger partial charge >= 0.3 is 11.9 Å². The molecule has 1 amide bonds. The van der Waals surface area contributed by atoms with Gasteiger partial charge in [0.15, 0.2) is 0 Å². The monoisotopic (exact) mass is 259 g/mol. The highest BCUT2D eigenvalue weighted by atomic mass is 16.4. The van der Waals surface area contributed by atoms with Crippen LogP contribution in [0, 0.1) is 0 Å². The lowest BCUT2D eigenvalue weighted by molar-refractivity contribution is -0.149. The van der Waals surface area contributed by atoms with Crippen molar-refractivity contribution >= 4 is 17.8 Å². The van der Waals surface area contributed by atoms with Crippen LogP contribution in [0.5, 0.6) is 0 Å². The molecule has 8 heteroatoms. The molecule has 0 aromatic rings. The van der Waals surface area contributed by atoms with Gasteiger partial charge in [-0.15, -0.1) is 0 Å². The van der Waals surface area contributed by atoms with Crippen molar-refractivity contribution < 1.29 is 24.6 Å². The third-order valence-electron chi connectivity index (χ3n) is 3.00. The van der Waals surface area contributed by atoms with Crippen LogP contribution in [0.4, 0.5) is 0 Å². The van der Waals surface area contributed by atoms with E-state index in [0.717, 1.165) is 0 Å². The molecule has 1 aliphatic rings. The standard InChI is InChI=1S/C10H17N3O5/c11-5-3-4-13(8(5)10(17)18)7(14)2-1-6(12)9(15)16/h5-6,8H,1-4,11-12H2,(H,15,16)(H,17,18)/t5-,6?,8+/m1/s1. The number of hydrogen-bond donors (Lipinski definition) is 4. The third kappa shape index (κ3) is 3.17. The second-order valence-corrected chi connectivity index (χ2v) is 4.31. The van der Waals surface area contributed by atoms with Gasteiger partial charge in [-0.1, -0.05) is 0 Å². The Morgan fingerprint density at radius 3 is 2.44 bits per heavy atom. The number of aliphatic carboxylic acids is 2. The van der Waals surface area contributed by atoms with Gasteiger partial charge in [0.1, 0.15) is 12.1 Å². The van der Waals surface area contributed by atoms with E-state index >= 15 is 0 Å². The third-order valence-corrected chi connectivity index (χ3v) is 3.00. The van der Waals surface area contributed by atoms with Crippen molar-refractivity contribution in [1.82, 2.24) is 4.90 Å². The van der Waals surface area contributed by atoms with E-state index in [1.54, 1.807) is 0 Å². The molecule has 0 aliphatic carbocycles. The Labute approximate surface area is 104 Å². The predicted octanol–water partition coefficient (Wildman–Crippen LogP) is -1.81. The molecule has 102 valence electrons. The van der Waals surface area contributed by atoms with Gasteiger partial charge in [-0.3, -0.25) is 9.59 Å². The van der Waals surface area contributed by atoms with Crippen LogP contribution < -0.4 is 11.5 Å². The van der Waals surface area contributed by atoms with E-state index in [0.29, 0.717) is 6.42 Å². The van der Waals surface area contributed by atoms with Crippen molar-refractivity contribution in [2.45, 2.75) is 37.4 Å². The number of rotatable bonds is 5. The first kappa shape index (κ1) is 14.4. The average Bonchev–Trinajstić information content (AvgIpc) is 2.67. The molecule has 0 aromatic heterocycles. The zero-order valence-electron chi connectivity index (χ0n) is 9.78. The van der Waals surface area contributed by atoms with Crippen molar-refractivity contribution in [1.29, 1.82) is 0 Å². The maximum atomic E-state index is 11.8. The summed E-state index contributed by atoms with van der Waals surface area (Å²) in [5.74, 6) is -2.75. The van der Waals surface area contributed by atoms with Crippen LogP contribution in [0.1, 0.15) is 19.3 Å². The number of carbonyl (C=O) groups is 3. The highest BCUT2D eigenvalue weighted by Crippen LogP contribution is 2.18. The molecule has 1 fully saturated rings. The summed E-state index contributed by atoms with van der Waals surface area (Å²) in [6.07, 6.45) is 0.309. The molecule has 8 nitrogen and oxygen atoms in total. The molecule has 0 bridgehead atoms. The van der Waals surface area contributed by atoms with Gasteiger partial charge in [0, 0.05) is 19.0 Å². The Bertz CT molecular complexity index is 359. The summed E-state index contributed by atoms with van der Waals surface area (Å²) < 4.78 is 0. The van der Waals surface area contributed by atoms with E-state index in [9.17, 15) is 14.4 Å². The lowest BCUT2D eigenvalue weighted by Gasteiger charge is -2.23. The van der Waals surface area contributed by atoms with E-state index in [-0.39, 0.29) is 19.4 Å². The van der Waals surface area contributed by atoms with Gasteiger partial charge in [0.2, 0.25) is 5.91 Å². The topological polar surface area (TPSA) is 147 Å². The van der Waals surface area contributed by atoms with Gasteiger partial charge in [0.05, 0.1) is 0 Å². The molecule has 18 heavy (non-hydrogen) atoms. The minimum atomic E-state index is -1.18. The zero-order chi connectivity index (χ0) is 13.9. The summed E-state index contributed by atoms with van der Waals surface area (Å²) >= 11 is 0. The van der Waals surface area contributed by atoms with Crippen molar-refractivity contribution in [3.8, 4) is 0 Å². The van der Waals surface area contributed by atoms with Crippen LogP contribution in [-0.4, -0.2) is 57.6 Å². The number of nitrogens with two attached hydrogens (primary N) is 2. The molecule has 0 aromatic carbocycles. The molecule has 1 unspecified atom stereocenters. The summed E-state index contributed by atoms with van der Waals surface area (Å²) in [6.45, 7) is 0.277. The van der Waals surface area contributed by atoms with E-state index in [2.05, 4.69) is 0 Å². The lowest BCUT2D eigenvalue weighted by Crippen LogP contribution is -2.48. The fourth-order valence-corrected chi connectivity index (χ4v) is 1.96. The van der Waals surface area contributed by atoms with Crippen molar-refractivity contribution in [2.75, 3.05) is 6.54 Å². The average molecular weight is 259 g/mol. The summed E-state index contributed by atoms with van der Waals surface area (Å²) in [4.78, 5) is 34.4. The first-order valence-electron chi connectivity index (χ1n) is 5.61. The Morgan fingerprint density at radius 1 is 1.33 bits per heavy atom. The second-order valence-electron chi connectivity index (χ2n) is 4.31. The largest absolute Gasteiger partial charge is 0.480 e. The zero-order valence-corrected chi connectivity index (χ0v) is 9.78. The van der Waals surface area contributed by atoms with Crippen LogP contribution in [0.3, 0.4) is 0 Å². The normalized spacial score (nSPS) is 24.9. The summed E-state index contributed by atoms with van der Waals surface area (Å²) in [5, 5.41) is 17.6. The molecule has 1 saturated heterocycles. The lowest BCUT2D eigenvalue weighted by atomic mass is 10.1. The van der Waals surface area contributed by atoms with Crippen molar-refractivity contribution in [3.05, 3.63) is 0 Å². The molecule has 0 saturated carbocycles. The first-order valence-corrected chi connectivity index (χ1v) is 5.61. The Balaban J connectivity index is 2.56. The number of carbonyl (C=O) groups excluding carboxylic acids is 1. The Kier molecular flexibility index (Phi) is 4.62. The van der Waals surface area contributed by atoms with E-state index in [1.807, 2.05) is 0 Å². The summed E-state index contributed by atoms with van der Waals surface area (Å²) in [6, 6.07) is -2.73. The smallest absolute Gasteiger partial charge is 0.328 e. The minimum absolute atomic E-state index is 0.0216. The minimum Gasteiger partial charge on any atom is -0.480 e. The van der Waals surface area contributed by atoms with Crippen molar-refractivity contribution in [3.63, 3.8) is 0 Å². The van der Waals surface area contributed by atoms with Gasteiger partial charge in [0.25, 0.3) is 0 Å². The van der Waals surface area contributed by atoms with Gasteiger partial charge in [-0.05, 0) is 12.8 Å². The van der Waals surface area contributed by atoms with Crippen molar-refractivity contribution in [2.24, 2.45) is 11.5 Å². The highest BCUT2D eigenvalue weighted by molar-refractivity contribution is 5.85. The molecule has 3 atom stereocenters. The molecular weight excluding hydrogens is 242 g/mol. The van der Waals surface area contributed by atoms with Gasteiger partial charge in [-0.2, -0.15) is 0 Å². The SMILES string of the molecule is NC(CCC(=O)N1CC[C@@H](N)[C@H]1C(=O)O)C(=O)O. The van der Waals surface area contributed by atoms with Gasteiger partial charge < -0.3 is 26.6 Å². The Morgan fingerprint density at radius 2 is 1.94 bits per heavy atom. The Hall–Kier alpha value is -1.67. The maximum Gasteiger partial charge on any atom is 0.328 e. The number of carboxylic acids is 2. The van der Waals surface area contributed by atoms with Crippen LogP contribution in [0.25, 0.3) is 0 Å². The molecule has 1 rings (SSSR count). The molecule has 6 N–H and O–H groups in total. The van der Waals surface area contributed by atoms with Gasteiger partial charge in [-0.25, -0.2) is 4.79 Å². The van der Waals surface area contributed by atoms with Crippen LogP contribution in [0.15, 0.2) is 0 Å². The summed E-state index contributed by atoms with van der Waals surface area (Å²) in [5.41, 5.74) is 10.9. The molecule has 0 spiro atoms. The number of carboxylic acid groups (broad SMARTS) is 2. The molecule has 1 aliphatic heterocycles. The molecular formula is C10H17N3O5. The number of amides is 1. The first-order chi connectivity index (χ1) is 8.34. The van der Waals surface area contributed by atoms with Crippen LogP contribution >= 0.6 is 0 Å². The maximum absolute atomic E-state index is 11.8. The fraction of sp³-hybridized carbons (Fsp3) is 0.700. The number of likely N-dealkylation sites (tertiary alicyclic amines) is 1. The van der Waals surface area contributed by atoms with E-state index in [1.165, 1.54) is 4.90 Å². The number of nitrogens with zero attached hydrogens (tertiary/aromatic N) is 1. The van der Waals surface area contributed by atoms with Crippen LogP contribution in [-0.2, 0) is 14.4 Å². The quantitative estimate of drug-likeness (QED) is 0.455. The second kappa shape index (κ2) is 5.78. The fourth-order valence-electron chi connectivity index (χ4n) is 1.96. The summed E-state index contributed by atoms with van der Waals surface area (Å²) in [7, 11) is 0. The van der Waals surface area contributed by atoms with Crippen LogP contribution in [0.2, 0.25) is 0 Å². The van der Waals surface area contributed by atoms with E-state index < -0.39 is 36.0 Å². The van der Waals surface area contributed by atoms with E-state index in [4.69, 9.17) is 21.7 Å². The predicted molar refractivity (Wildman–Crippen MR) is 60.6 cm³/mol. The number of hydrogen-bond acceptors (Lipinski definition) is 5. The molecule has 0 radical (unpaired) electrons. The highest BCUT2D eigenvalue weighted by Gasteiger charge is 2.39.